The molecule has 7 rings (SSSR count). The number of thiazole rings is 1. The van der Waals surface area contributed by atoms with Crippen molar-refractivity contribution in [3.8, 4) is 0 Å². The molecule has 1 amide bonds. The third kappa shape index (κ3) is 5.41. The minimum atomic E-state index is -0.836. The highest BCUT2D eigenvalue weighted by molar-refractivity contribution is 7.07. The number of rotatable bonds is 7. The summed E-state index contributed by atoms with van der Waals surface area (Å²) in [6, 6.07) is 31.4. The van der Waals surface area contributed by atoms with Crippen LogP contribution in [0.2, 0.25) is 5.02 Å². The Morgan fingerprint density at radius 2 is 1.60 bits per heavy atom. The fourth-order valence-corrected chi connectivity index (χ4v) is 7.61. The first-order valence-electron chi connectivity index (χ1n) is 15.8. The Bertz CT molecular complexity index is 2290. The molecule has 48 heavy (non-hydrogen) atoms. The Morgan fingerprint density at radius 1 is 0.917 bits per heavy atom. The van der Waals surface area contributed by atoms with Gasteiger partial charge in [-0.2, -0.15) is 0 Å². The van der Waals surface area contributed by atoms with Crippen molar-refractivity contribution >= 4 is 51.8 Å². The van der Waals surface area contributed by atoms with E-state index in [1.807, 2.05) is 97.1 Å². The second-order valence-electron chi connectivity index (χ2n) is 11.9. The summed E-state index contributed by atoms with van der Waals surface area (Å²) in [6.45, 7) is 6.38. The number of hydrogen-bond acceptors (Lipinski definition) is 6. The van der Waals surface area contributed by atoms with Crippen LogP contribution in [0, 0.1) is 0 Å². The van der Waals surface area contributed by atoms with Gasteiger partial charge in [-0.3, -0.25) is 14.2 Å². The molecule has 5 aromatic rings. The zero-order valence-electron chi connectivity index (χ0n) is 26.6. The van der Waals surface area contributed by atoms with Gasteiger partial charge >= 0.3 is 5.97 Å². The lowest BCUT2D eigenvalue weighted by Crippen LogP contribution is -2.41. The molecule has 7 nitrogen and oxygen atoms in total. The maximum atomic E-state index is 14.7. The molecule has 1 atom stereocenters. The van der Waals surface area contributed by atoms with E-state index in [0.29, 0.717) is 38.3 Å². The topological polar surface area (TPSA) is 81.0 Å². The first-order valence-corrected chi connectivity index (χ1v) is 17.0. The standard InChI is InChI=1S/C39H32ClN3O4S/c1-4-47-38(46)32-33(25-12-6-5-7-13-25)41-39-43(34(32)26-20-18-24(19-21-26)23(2)3)37(45)35(48-39)31-28-15-9-11-17-30(28)42(36(31)44)22-27-14-8-10-16-29(27)40/h5-21,23,34H,4,22H2,1-3H3/b35-31+/t34-/m0/s1. The summed E-state index contributed by atoms with van der Waals surface area (Å²) in [5.41, 5.74) is 5.34. The molecule has 0 unspecified atom stereocenters. The van der Waals surface area contributed by atoms with Gasteiger partial charge < -0.3 is 9.64 Å². The Kier molecular flexibility index (Phi) is 8.45. The molecule has 2 aliphatic heterocycles. The predicted octanol–water partition coefficient (Wildman–Crippen LogP) is 6.63. The molecule has 4 aromatic carbocycles. The minimum Gasteiger partial charge on any atom is -0.463 e. The second-order valence-corrected chi connectivity index (χ2v) is 13.3. The van der Waals surface area contributed by atoms with Crippen molar-refractivity contribution in [2.24, 2.45) is 4.99 Å². The molecule has 0 radical (unpaired) electrons. The van der Waals surface area contributed by atoms with Crippen LogP contribution in [0.25, 0.3) is 11.3 Å². The lowest BCUT2D eigenvalue weighted by molar-refractivity contribution is -0.138. The summed E-state index contributed by atoms with van der Waals surface area (Å²) in [7, 11) is 0. The zero-order chi connectivity index (χ0) is 33.5. The largest absolute Gasteiger partial charge is 0.463 e. The van der Waals surface area contributed by atoms with Gasteiger partial charge in [-0.25, -0.2) is 9.79 Å². The van der Waals surface area contributed by atoms with E-state index in [4.69, 9.17) is 21.3 Å². The van der Waals surface area contributed by atoms with Gasteiger partial charge in [-0.05, 0) is 41.7 Å². The Morgan fingerprint density at radius 3 is 2.31 bits per heavy atom. The van der Waals surface area contributed by atoms with Gasteiger partial charge in [0.2, 0.25) is 0 Å². The number of amides is 1. The maximum absolute atomic E-state index is 14.7. The van der Waals surface area contributed by atoms with Gasteiger partial charge in [-0.1, -0.05) is 128 Å². The van der Waals surface area contributed by atoms with Crippen LogP contribution in [0.3, 0.4) is 0 Å². The molecule has 0 fully saturated rings. The number of esters is 1. The molecule has 9 heteroatoms. The van der Waals surface area contributed by atoms with Crippen LogP contribution in [0.4, 0.5) is 5.69 Å². The SMILES string of the molecule is CCOC(=O)C1=C(c2ccccc2)N=c2s/c(=C3/C(=O)N(Cc4ccccc4Cl)c4ccccc43)c(=O)n2[C@H]1c1ccc(C(C)C)cc1. The quantitative estimate of drug-likeness (QED) is 0.182. The number of ether oxygens (including phenoxy) is 1. The molecule has 1 aromatic heterocycles. The number of anilines is 1. The van der Waals surface area contributed by atoms with Crippen molar-refractivity contribution in [1.29, 1.82) is 0 Å². The Hall–Kier alpha value is -5.05. The van der Waals surface area contributed by atoms with Gasteiger partial charge in [0.1, 0.15) is 4.53 Å². The normalized spacial score (nSPS) is 16.6. The first-order chi connectivity index (χ1) is 23.3. The molecule has 3 heterocycles. The molecular weight excluding hydrogens is 642 g/mol. The second kappa shape index (κ2) is 12.9. The molecule has 0 spiro atoms. The number of carbonyl (C=O) groups excluding carboxylic acids is 2. The highest BCUT2D eigenvalue weighted by Crippen LogP contribution is 2.38. The summed E-state index contributed by atoms with van der Waals surface area (Å²) in [5.74, 6) is -0.554. The lowest BCUT2D eigenvalue weighted by Gasteiger charge is -2.26. The van der Waals surface area contributed by atoms with Gasteiger partial charge in [0.05, 0.1) is 41.7 Å². The number of para-hydroxylation sites is 1. The number of benzene rings is 4. The van der Waals surface area contributed by atoms with Crippen molar-refractivity contribution < 1.29 is 14.3 Å². The van der Waals surface area contributed by atoms with E-state index in [0.717, 1.165) is 33.6 Å². The molecule has 0 saturated heterocycles. The maximum Gasteiger partial charge on any atom is 0.338 e. The van der Waals surface area contributed by atoms with E-state index in [-0.39, 0.29) is 29.2 Å². The zero-order valence-corrected chi connectivity index (χ0v) is 28.2. The predicted molar refractivity (Wildman–Crippen MR) is 190 cm³/mol. The average Bonchev–Trinajstić information content (AvgIpc) is 3.57. The fraction of sp³-hybridized carbons (Fsp3) is 0.179. The first kappa shape index (κ1) is 31.5. The number of carbonyl (C=O) groups is 2. The van der Waals surface area contributed by atoms with Crippen molar-refractivity contribution in [2.45, 2.75) is 39.3 Å². The smallest absolute Gasteiger partial charge is 0.338 e. The number of hydrogen-bond donors (Lipinski definition) is 0. The molecule has 2 aliphatic rings. The lowest BCUT2D eigenvalue weighted by atomic mass is 9.91. The fourth-order valence-electron chi connectivity index (χ4n) is 6.32. The third-order valence-corrected chi connectivity index (χ3v) is 10.1. The third-order valence-electron chi connectivity index (χ3n) is 8.70. The van der Waals surface area contributed by atoms with Gasteiger partial charge in [-0.15, -0.1) is 0 Å². The van der Waals surface area contributed by atoms with Crippen LogP contribution < -0.4 is 19.8 Å². The van der Waals surface area contributed by atoms with E-state index >= 15 is 0 Å². The van der Waals surface area contributed by atoms with Crippen molar-refractivity contribution in [1.82, 2.24) is 4.57 Å². The van der Waals surface area contributed by atoms with Gasteiger partial charge in [0.15, 0.2) is 4.80 Å². The minimum absolute atomic E-state index is 0.157. The summed E-state index contributed by atoms with van der Waals surface area (Å²) >= 11 is 7.66. The monoisotopic (exact) mass is 673 g/mol. The van der Waals surface area contributed by atoms with E-state index in [2.05, 4.69) is 13.8 Å². The van der Waals surface area contributed by atoms with Crippen molar-refractivity contribution in [3.63, 3.8) is 0 Å². The Balaban J connectivity index is 1.50. The van der Waals surface area contributed by atoms with Crippen molar-refractivity contribution in [3.05, 3.63) is 161 Å². The number of nitrogens with zero attached hydrogens (tertiary/aromatic N) is 3. The number of aromatic nitrogens is 1. The molecule has 0 aliphatic carbocycles. The summed E-state index contributed by atoms with van der Waals surface area (Å²) in [5, 5.41) is 0.555. The summed E-state index contributed by atoms with van der Waals surface area (Å²) in [6.07, 6.45) is 0. The average molecular weight is 674 g/mol. The van der Waals surface area contributed by atoms with Crippen molar-refractivity contribution in [2.75, 3.05) is 11.5 Å². The van der Waals surface area contributed by atoms with Crippen LogP contribution in [-0.4, -0.2) is 23.1 Å². The number of fused-ring (bicyclic) bond motifs is 2. The van der Waals surface area contributed by atoms with E-state index < -0.39 is 17.6 Å². The van der Waals surface area contributed by atoms with Crippen LogP contribution in [-0.2, 0) is 20.9 Å². The molecule has 0 bridgehead atoms. The molecule has 0 N–H and O–H groups in total. The van der Waals surface area contributed by atoms with Gasteiger partial charge in [0, 0.05) is 16.1 Å². The highest BCUT2D eigenvalue weighted by Gasteiger charge is 2.38. The molecular formula is C39H32ClN3O4S. The van der Waals surface area contributed by atoms with Crippen LogP contribution in [0.1, 0.15) is 60.5 Å². The molecule has 0 saturated carbocycles. The van der Waals surface area contributed by atoms with Gasteiger partial charge in [0.25, 0.3) is 11.5 Å². The number of halogens is 1. The summed E-state index contributed by atoms with van der Waals surface area (Å²) < 4.78 is 7.41. The van der Waals surface area contributed by atoms with E-state index in [1.165, 1.54) is 0 Å². The van der Waals surface area contributed by atoms with Crippen LogP contribution in [0.5, 0.6) is 0 Å². The molecule has 240 valence electrons. The summed E-state index contributed by atoms with van der Waals surface area (Å²) in [4.78, 5) is 49.9. The highest BCUT2D eigenvalue weighted by atomic mass is 35.5. The van der Waals surface area contributed by atoms with Crippen LogP contribution >= 0.6 is 22.9 Å². The Labute approximate surface area is 286 Å². The van der Waals surface area contributed by atoms with Crippen LogP contribution in [0.15, 0.2) is 118 Å². The van der Waals surface area contributed by atoms with E-state index in [1.54, 1.807) is 22.5 Å². The van der Waals surface area contributed by atoms with E-state index in [9.17, 15) is 14.4 Å².